The summed E-state index contributed by atoms with van der Waals surface area (Å²) in [4.78, 5) is 18.8. The highest BCUT2D eigenvalue weighted by Gasteiger charge is 2.18. The predicted octanol–water partition coefficient (Wildman–Crippen LogP) is 1.39. The zero-order valence-electron chi connectivity index (χ0n) is 8.84. The average molecular weight is 209 g/mol. The van der Waals surface area contributed by atoms with Gasteiger partial charge in [-0.3, -0.25) is 4.98 Å². The standard InChI is InChI=1S/C10H15N3O2/c1-7(2)5-8(10(14)15)13-9-6-11-3-4-12-9/h3-4,6-8H,5H2,1-2H3,(H,12,13)(H,14,15)/t8-/m0/s1. The van der Waals surface area contributed by atoms with Crippen LogP contribution in [0.15, 0.2) is 18.6 Å². The molecule has 0 aromatic carbocycles. The lowest BCUT2D eigenvalue weighted by molar-refractivity contribution is -0.138. The Morgan fingerprint density at radius 3 is 2.73 bits per heavy atom. The molecule has 5 heteroatoms. The molecule has 82 valence electrons. The van der Waals surface area contributed by atoms with Crippen molar-refractivity contribution < 1.29 is 9.90 Å². The minimum absolute atomic E-state index is 0.315. The second-order valence-electron chi connectivity index (χ2n) is 3.76. The summed E-state index contributed by atoms with van der Waals surface area (Å²) >= 11 is 0. The van der Waals surface area contributed by atoms with E-state index in [1.807, 2.05) is 13.8 Å². The quantitative estimate of drug-likeness (QED) is 0.766. The molecule has 5 nitrogen and oxygen atoms in total. The number of carbonyl (C=O) groups is 1. The molecule has 2 N–H and O–H groups in total. The Labute approximate surface area is 88.6 Å². The molecule has 0 fully saturated rings. The fraction of sp³-hybridized carbons (Fsp3) is 0.500. The first-order valence-corrected chi connectivity index (χ1v) is 4.85. The van der Waals surface area contributed by atoms with Gasteiger partial charge in [-0.05, 0) is 12.3 Å². The van der Waals surface area contributed by atoms with Gasteiger partial charge in [-0.2, -0.15) is 0 Å². The van der Waals surface area contributed by atoms with Crippen molar-refractivity contribution in [2.45, 2.75) is 26.3 Å². The van der Waals surface area contributed by atoms with Crippen LogP contribution in [0.25, 0.3) is 0 Å². The molecule has 1 atom stereocenters. The van der Waals surface area contributed by atoms with Gasteiger partial charge >= 0.3 is 5.97 Å². The summed E-state index contributed by atoms with van der Waals surface area (Å²) in [7, 11) is 0. The molecule has 0 aliphatic carbocycles. The lowest BCUT2D eigenvalue weighted by atomic mass is 10.0. The topological polar surface area (TPSA) is 75.1 Å². The number of carboxylic acid groups (broad SMARTS) is 1. The molecule has 1 aromatic heterocycles. The Morgan fingerprint density at radius 2 is 2.27 bits per heavy atom. The summed E-state index contributed by atoms with van der Waals surface area (Å²) in [5.74, 6) is -0.0600. The number of anilines is 1. The van der Waals surface area contributed by atoms with Crippen molar-refractivity contribution in [3.05, 3.63) is 18.6 Å². The van der Waals surface area contributed by atoms with E-state index >= 15 is 0 Å². The Hall–Kier alpha value is -1.65. The molecule has 1 heterocycles. The van der Waals surface area contributed by atoms with Crippen molar-refractivity contribution in [3.8, 4) is 0 Å². The van der Waals surface area contributed by atoms with Gasteiger partial charge in [0.05, 0.1) is 6.20 Å². The first-order valence-electron chi connectivity index (χ1n) is 4.85. The number of nitrogens with zero attached hydrogens (tertiary/aromatic N) is 2. The lowest BCUT2D eigenvalue weighted by Crippen LogP contribution is -2.31. The van der Waals surface area contributed by atoms with Crippen LogP contribution in [0.4, 0.5) is 5.82 Å². The summed E-state index contributed by atoms with van der Waals surface area (Å²) in [6, 6.07) is -0.610. The number of carboxylic acids is 1. The summed E-state index contributed by atoms with van der Waals surface area (Å²) in [6.45, 7) is 3.96. The van der Waals surface area contributed by atoms with E-state index in [1.54, 1.807) is 6.20 Å². The van der Waals surface area contributed by atoms with Gasteiger partial charge in [0.15, 0.2) is 0 Å². The van der Waals surface area contributed by atoms with Crippen molar-refractivity contribution in [2.24, 2.45) is 5.92 Å². The van der Waals surface area contributed by atoms with Crippen LogP contribution in [-0.2, 0) is 4.79 Å². The highest BCUT2D eigenvalue weighted by atomic mass is 16.4. The first-order chi connectivity index (χ1) is 7.09. The van der Waals surface area contributed by atoms with E-state index in [1.165, 1.54) is 12.4 Å². The molecule has 0 amide bonds. The molecule has 1 aromatic rings. The van der Waals surface area contributed by atoms with E-state index in [2.05, 4.69) is 15.3 Å². The monoisotopic (exact) mass is 209 g/mol. The van der Waals surface area contributed by atoms with E-state index in [0.717, 1.165) is 0 Å². The zero-order valence-corrected chi connectivity index (χ0v) is 8.84. The molecule has 0 saturated heterocycles. The molecule has 0 spiro atoms. The van der Waals surface area contributed by atoms with Crippen LogP contribution < -0.4 is 5.32 Å². The largest absolute Gasteiger partial charge is 0.480 e. The Balaban J connectivity index is 2.63. The summed E-state index contributed by atoms with van der Waals surface area (Å²) in [5, 5.41) is 11.8. The van der Waals surface area contributed by atoms with Gasteiger partial charge in [-0.15, -0.1) is 0 Å². The van der Waals surface area contributed by atoms with Gasteiger partial charge in [0, 0.05) is 12.4 Å². The SMILES string of the molecule is CC(C)C[C@H](Nc1cnccn1)C(=O)O. The van der Waals surface area contributed by atoms with E-state index in [9.17, 15) is 4.79 Å². The van der Waals surface area contributed by atoms with E-state index in [4.69, 9.17) is 5.11 Å². The summed E-state index contributed by atoms with van der Waals surface area (Å²) in [5.41, 5.74) is 0. The number of rotatable bonds is 5. The van der Waals surface area contributed by atoms with Crippen LogP contribution >= 0.6 is 0 Å². The van der Waals surface area contributed by atoms with E-state index < -0.39 is 12.0 Å². The van der Waals surface area contributed by atoms with Gasteiger partial charge in [-0.1, -0.05) is 13.8 Å². The van der Waals surface area contributed by atoms with Crippen LogP contribution in [0.3, 0.4) is 0 Å². The van der Waals surface area contributed by atoms with Crippen molar-refractivity contribution in [1.29, 1.82) is 0 Å². The molecule has 0 saturated carbocycles. The second-order valence-corrected chi connectivity index (χ2v) is 3.76. The Bertz CT molecular complexity index is 314. The van der Waals surface area contributed by atoms with E-state index in [-0.39, 0.29) is 0 Å². The molecular weight excluding hydrogens is 194 g/mol. The van der Waals surface area contributed by atoms with Crippen molar-refractivity contribution in [3.63, 3.8) is 0 Å². The normalized spacial score (nSPS) is 12.5. The highest BCUT2D eigenvalue weighted by molar-refractivity contribution is 5.76. The molecule has 0 aliphatic heterocycles. The van der Waals surface area contributed by atoms with Crippen LogP contribution in [0.1, 0.15) is 20.3 Å². The zero-order chi connectivity index (χ0) is 11.3. The maximum Gasteiger partial charge on any atom is 0.326 e. The number of aliphatic carboxylic acids is 1. The van der Waals surface area contributed by atoms with Crippen LogP contribution in [0, 0.1) is 5.92 Å². The van der Waals surface area contributed by atoms with Gasteiger partial charge in [-0.25, -0.2) is 9.78 Å². The molecular formula is C10H15N3O2. The highest BCUT2D eigenvalue weighted by Crippen LogP contribution is 2.10. The Kier molecular flexibility index (Phi) is 4.03. The number of hydrogen-bond donors (Lipinski definition) is 2. The van der Waals surface area contributed by atoms with Gasteiger partial charge in [0.2, 0.25) is 0 Å². The molecule has 0 bridgehead atoms. The van der Waals surface area contributed by atoms with Crippen LogP contribution in [0.5, 0.6) is 0 Å². The smallest absolute Gasteiger partial charge is 0.326 e. The third kappa shape index (κ3) is 3.93. The molecule has 15 heavy (non-hydrogen) atoms. The fourth-order valence-corrected chi connectivity index (χ4v) is 1.25. The van der Waals surface area contributed by atoms with Gasteiger partial charge in [0.1, 0.15) is 11.9 Å². The number of nitrogens with one attached hydrogen (secondary N) is 1. The van der Waals surface area contributed by atoms with Gasteiger partial charge < -0.3 is 10.4 Å². The second kappa shape index (κ2) is 5.29. The average Bonchev–Trinajstić information content (AvgIpc) is 2.17. The van der Waals surface area contributed by atoms with Crippen LogP contribution in [-0.4, -0.2) is 27.1 Å². The van der Waals surface area contributed by atoms with Crippen molar-refractivity contribution >= 4 is 11.8 Å². The Morgan fingerprint density at radius 1 is 1.53 bits per heavy atom. The van der Waals surface area contributed by atoms with Crippen molar-refractivity contribution in [2.75, 3.05) is 5.32 Å². The summed E-state index contributed by atoms with van der Waals surface area (Å²) < 4.78 is 0. The third-order valence-electron chi connectivity index (χ3n) is 1.89. The fourth-order valence-electron chi connectivity index (χ4n) is 1.25. The first kappa shape index (κ1) is 11.4. The van der Waals surface area contributed by atoms with E-state index in [0.29, 0.717) is 18.2 Å². The summed E-state index contributed by atoms with van der Waals surface area (Å²) in [6.07, 6.45) is 5.14. The number of aromatic nitrogens is 2. The lowest BCUT2D eigenvalue weighted by Gasteiger charge is -2.16. The maximum absolute atomic E-state index is 10.9. The van der Waals surface area contributed by atoms with Gasteiger partial charge in [0.25, 0.3) is 0 Å². The molecule has 0 unspecified atom stereocenters. The minimum Gasteiger partial charge on any atom is -0.480 e. The maximum atomic E-state index is 10.9. The molecule has 0 aliphatic rings. The molecule has 1 rings (SSSR count). The predicted molar refractivity (Wildman–Crippen MR) is 56.5 cm³/mol. The number of hydrogen-bond acceptors (Lipinski definition) is 4. The molecule has 0 radical (unpaired) electrons. The third-order valence-corrected chi connectivity index (χ3v) is 1.89. The van der Waals surface area contributed by atoms with Crippen LogP contribution in [0.2, 0.25) is 0 Å². The van der Waals surface area contributed by atoms with Crippen molar-refractivity contribution in [1.82, 2.24) is 9.97 Å². The minimum atomic E-state index is -0.866.